The molecule has 3 aliphatic rings. The van der Waals surface area contributed by atoms with Crippen molar-refractivity contribution in [3.8, 4) is 0 Å². The third-order valence-electron chi connectivity index (χ3n) is 7.07. The molecule has 4 heterocycles. The maximum Gasteiger partial charge on any atom is 0.338 e. The van der Waals surface area contributed by atoms with Crippen molar-refractivity contribution in [3.05, 3.63) is 63.0 Å². The van der Waals surface area contributed by atoms with E-state index in [2.05, 4.69) is 15.2 Å². The number of esters is 1. The first-order valence-corrected chi connectivity index (χ1v) is 15.1. The van der Waals surface area contributed by atoms with Crippen molar-refractivity contribution < 1.29 is 27.1 Å². The summed E-state index contributed by atoms with van der Waals surface area (Å²) in [6, 6.07) is 3.74. The van der Waals surface area contributed by atoms with Crippen molar-refractivity contribution >= 4 is 33.2 Å². The summed E-state index contributed by atoms with van der Waals surface area (Å²) in [4.78, 5) is 24.8. The van der Waals surface area contributed by atoms with E-state index in [4.69, 9.17) is 14.5 Å². The number of carbonyl (C=O) groups excluding carboxylic acids is 1. The molecule has 38 heavy (non-hydrogen) atoms. The van der Waals surface area contributed by atoms with Crippen LogP contribution in [0.2, 0.25) is 0 Å². The van der Waals surface area contributed by atoms with Crippen molar-refractivity contribution in [2.75, 3.05) is 45.6 Å². The van der Waals surface area contributed by atoms with Gasteiger partial charge in [-0.15, -0.1) is 11.3 Å². The van der Waals surface area contributed by atoms with Crippen molar-refractivity contribution in [2.45, 2.75) is 32.0 Å². The predicted molar refractivity (Wildman–Crippen MR) is 141 cm³/mol. The van der Waals surface area contributed by atoms with Gasteiger partial charge in [0.2, 0.25) is 10.0 Å². The van der Waals surface area contributed by atoms with Gasteiger partial charge in [-0.1, -0.05) is 12.1 Å². The molecule has 2 saturated heterocycles. The second-order valence-corrected chi connectivity index (χ2v) is 12.3. The largest absolute Gasteiger partial charge is 0.463 e. The van der Waals surface area contributed by atoms with E-state index in [1.165, 1.54) is 28.0 Å². The highest BCUT2D eigenvalue weighted by atomic mass is 32.2. The van der Waals surface area contributed by atoms with Crippen LogP contribution in [0.1, 0.15) is 29.1 Å². The van der Waals surface area contributed by atoms with Gasteiger partial charge in [0.05, 0.1) is 37.2 Å². The molecule has 3 aliphatic heterocycles. The number of sulfonamides is 1. The molecule has 3 atom stereocenters. The van der Waals surface area contributed by atoms with Crippen LogP contribution in [0.3, 0.4) is 0 Å². The minimum atomic E-state index is -3.38. The quantitative estimate of drug-likeness (QED) is 0.508. The number of amidine groups is 1. The molecular formula is C25H30FN5O5S2. The molecule has 13 heteroatoms. The number of rotatable bonds is 7. The Balaban J connectivity index is 1.58. The summed E-state index contributed by atoms with van der Waals surface area (Å²) in [7, 11) is -3.38. The first-order chi connectivity index (χ1) is 18.2. The van der Waals surface area contributed by atoms with Gasteiger partial charge in [-0.2, -0.15) is 4.31 Å². The highest BCUT2D eigenvalue weighted by Crippen LogP contribution is 2.36. The first kappa shape index (κ1) is 26.9. The molecule has 0 aliphatic carbocycles. The lowest BCUT2D eigenvalue weighted by atomic mass is 9.92. The zero-order valence-electron chi connectivity index (χ0n) is 21.4. The van der Waals surface area contributed by atoms with E-state index in [1.54, 1.807) is 32.2 Å². The summed E-state index contributed by atoms with van der Waals surface area (Å²) in [5.74, 6) is -0.454. The molecule has 1 aromatic heterocycles. The van der Waals surface area contributed by atoms with E-state index in [-0.39, 0.29) is 31.1 Å². The van der Waals surface area contributed by atoms with Crippen molar-refractivity contribution in [1.29, 1.82) is 0 Å². The number of hydrogen-bond donors (Lipinski definition) is 1. The molecule has 0 saturated carbocycles. The summed E-state index contributed by atoms with van der Waals surface area (Å²) < 4.78 is 51.9. The Labute approximate surface area is 225 Å². The average molecular weight is 564 g/mol. The molecule has 2 fully saturated rings. The summed E-state index contributed by atoms with van der Waals surface area (Å²) >= 11 is 1.40. The number of fused-ring (bicyclic) bond motifs is 1. The molecule has 10 nitrogen and oxygen atoms in total. The summed E-state index contributed by atoms with van der Waals surface area (Å²) in [6.07, 6.45) is 2.59. The van der Waals surface area contributed by atoms with Crippen LogP contribution < -0.4 is 5.32 Å². The standard InChI is InChI=1S/C25H30FN5O5S2/c1-4-35-25(32)21-18(12-30-9-10-36-20-14-31(13-19(20)30)38(3,33)34)28-23(24-27-8-11-37-24)29-22(21)16-6-5-7-17(26)15(16)2/h5-8,11,19-20,22H,4,9-10,12-14H2,1-3H3,(H,28,29)/t19-,20+,22-/m0/s1. The van der Waals surface area contributed by atoms with Gasteiger partial charge >= 0.3 is 5.97 Å². The van der Waals surface area contributed by atoms with Gasteiger partial charge in [0.25, 0.3) is 0 Å². The Hall–Kier alpha value is -2.71. The molecule has 0 unspecified atom stereocenters. The molecule has 0 spiro atoms. The molecule has 0 radical (unpaired) electrons. The minimum Gasteiger partial charge on any atom is -0.463 e. The Morgan fingerprint density at radius 1 is 1.34 bits per heavy atom. The number of halogens is 1. The molecule has 0 bridgehead atoms. The molecule has 1 aromatic carbocycles. The molecular weight excluding hydrogens is 533 g/mol. The van der Waals surface area contributed by atoms with Crippen LogP contribution in [0.25, 0.3) is 0 Å². The number of thiazole rings is 1. The maximum atomic E-state index is 14.6. The number of nitrogens with one attached hydrogen (secondary N) is 1. The van der Waals surface area contributed by atoms with Crippen LogP contribution in [0.4, 0.5) is 4.39 Å². The number of carbonyl (C=O) groups is 1. The molecule has 2 aromatic rings. The first-order valence-electron chi connectivity index (χ1n) is 12.4. The normalized spacial score (nSPS) is 24.6. The van der Waals surface area contributed by atoms with Gasteiger partial charge in [0.1, 0.15) is 11.9 Å². The van der Waals surface area contributed by atoms with Crippen molar-refractivity contribution in [2.24, 2.45) is 4.99 Å². The zero-order chi connectivity index (χ0) is 27.0. The lowest BCUT2D eigenvalue weighted by Gasteiger charge is -2.38. The van der Waals surface area contributed by atoms with E-state index in [0.717, 1.165) is 0 Å². The van der Waals surface area contributed by atoms with E-state index in [1.807, 2.05) is 5.38 Å². The molecule has 1 N–H and O–H groups in total. The molecule has 0 amide bonds. The van der Waals surface area contributed by atoms with Gasteiger partial charge in [-0.25, -0.2) is 22.6 Å². The van der Waals surface area contributed by atoms with Crippen LogP contribution in [-0.4, -0.2) is 92.2 Å². The third-order valence-corrected chi connectivity index (χ3v) is 9.09. The van der Waals surface area contributed by atoms with Crippen molar-refractivity contribution in [1.82, 2.24) is 19.5 Å². The van der Waals surface area contributed by atoms with E-state index >= 15 is 0 Å². The fourth-order valence-corrected chi connectivity index (χ4v) is 6.59. The number of hydrogen-bond acceptors (Lipinski definition) is 10. The van der Waals surface area contributed by atoms with Crippen LogP contribution in [-0.2, 0) is 24.3 Å². The number of nitrogens with zero attached hydrogens (tertiary/aromatic N) is 4. The average Bonchev–Trinajstić information content (AvgIpc) is 3.56. The zero-order valence-corrected chi connectivity index (χ0v) is 23.0. The summed E-state index contributed by atoms with van der Waals surface area (Å²) in [6.45, 7) is 5.42. The summed E-state index contributed by atoms with van der Waals surface area (Å²) in [5, 5.41) is 5.78. The van der Waals surface area contributed by atoms with Gasteiger partial charge < -0.3 is 14.8 Å². The number of aromatic nitrogens is 1. The van der Waals surface area contributed by atoms with Crippen LogP contribution in [0.5, 0.6) is 0 Å². The Bertz CT molecular complexity index is 1380. The highest BCUT2D eigenvalue weighted by molar-refractivity contribution is 7.88. The predicted octanol–water partition coefficient (Wildman–Crippen LogP) is 1.84. The second-order valence-electron chi connectivity index (χ2n) is 9.44. The molecule has 204 valence electrons. The highest BCUT2D eigenvalue weighted by Gasteiger charge is 2.44. The Morgan fingerprint density at radius 3 is 2.87 bits per heavy atom. The van der Waals surface area contributed by atoms with E-state index in [0.29, 0.717) is 59.5 Å². The minimum absolute atomic E-state index is 0.166. The van der Waals surface area contributed by atoms with E-state index in [9.17, 15) is 17.6 Å². The maximum absolute atomic E-state index is 14.6. The number of benzene rings is 1. The fraction of sp³-hybridized carbons (Fsp3) is 0.480. The Kier molecular flexibility index (Phi) is 7.65. The second kappa shape index (κ2) is 10.8. The number of morpholine rings is 1. The lowest BCUT2D eigenvalue weighted by molar-refractivity contribution is -0.139. The van der Waals surface area contributed by atoms with Crippen LogP contribution >= 0.6 is 11.3 Å². The van der Waals surface area contributed by atoms with Crippen LogP contribution in [0.15, 0.2) is 46.0 Å². The number of ether oxygens (including phenoxy) is 2. The third kappa shape index (κ3) is 5.25. The SMILES string of the molecule is CCOC(=O)C1=C(CN2CCO[C@@H]3CN(S(C)(=O)=O)C[C@@H]32)NC(c2nccs2)=N[C@H]1c1cccc(F)c1C. The van der Waals surface area contributed by atoms with Gasteiger partial charge in [0.15, 0.2) is 10.8 Å². The van der Waals surface area contributed by atoms with Gasteiger partial charge in [-0.05, 0) is 31.0 Å². The Morgan fingerprint density at radius 2 is 2.16 bits per heavy atom. The monoisotopic (exact) mass is 563 g/mol. The van der Waals surface area contributed by atoms with Gasteiger partial charge in [0, 0.05) is 43.5 Å². The smallest absolute Gasteiger partial charge is 0.338 e. The summed E-state index contributed by atoms with van der Waals surface area (Å²) in [5.41, 5.74) is 1.82. The fourth-order valence-electron chi connectivity index (χ4n) is 5.16. The molecule has 5 rings (SSSR count). The lowest BCUT2D eigenvalue weighted by Crippen LogP contribution is -2.53. The number of aliphatic imine (C=N–C) groups is 1. The van der Waals surface area contributed by atoms with Crippen LogP contribution in [0, 0.1) is 12.7 Å². The van der Waals surface area contributed by atoms with E-state index < -0.39 is 22.0 Å². The van der Waals surface area contributed by atoms with Gasteiger partial charge in [-0.3, -0.25) is 9.89 Å². The topological polar surface area (TPSA) is 113 Å². The van der Waals surface area contributed by atoms with Crippen molar-refractivity contribution in [3.63, 3.8) is 0 Å².